The van der Waals surface area contributed by atoms with Crippen LogP contribution >= 0.6 is 0 Å². The number of esters is 6. The molecule has 14 heteroatoms. The molecule has 0 aliphatic rings. The van der Waals surface area contributed by atoms with Gasteiger partial charge in [0.15, 0.2) is 0 Å². The van der Waals surface area contributed by atoms with Crippen LogP contribution in [-0.4, -0.2) is 126 Å². The van der Waals surface area contributed by atoms with Crippen molar-refractivity contribution in [3.05, 3.63) is 0 Å². The maximum absolute atomic E-state index is 12.6. The first-order chi connectivity index (χ1) is 51.8. The van der Waals surface area contributed by atoms with Gasteiger partial charge >= 0.3 is 35.8 Å². The molecule has 14 nitrogen and oxygen atoms in total. The summed E-state index contributed by atoms with van der Waals surface area (Å²) in [6.07, 6.45) is 58.9. The Morgan fingerprint density at radius 2 is 0.389 bits per heavy atom. The highest BCUT2D eigenvalue weighted by Crippen LogP contribution is 2.24. The summed E-state index contributed by atoms with van der Waals surface area (Å²) in [5.41, 5.74) is 0. The van der Waals surface area contributed by atoms with E-state index in [0.29, 0.717) is 88.6 Å². The van der Waals surface area contributed by atoms with Crippen LogP contribution in [-0.2, 0) is 57.2 Å². The fourth-order valence-electron chi connectivity index (χ4n) is 14.1. The van der Waals surface area contributed by atoms with Gasteiger partial charge in [-0.1, -0.05) is 289 Å². The van der Waals surface area contributed by atoms with Crippen molar-refractivity contribution >= 4 is 35.8 Å². The summed E-state index contributed by atoms with van der Waals surface area (Å²) in [7, 11) is 8.14. The van der Waals surface area contributed by atoms with E-state index in [1.165, 1.54) is 128 Å². The fourth-order valence-corrected chi connectivity index (χ4v) is 14.1. The van der Waals surface area contributed by atoms with E-state index >= 15 is 0 Å². The van der Waals surface area contributed by atoms with Gasteiger partial charge in [0.05, 0.1) is 26.4 Å². The summed E-state index contributed by atoms with van der Waals surface area (Å²) in [6, 6.07) is 0. The van der Waals surface area contributed by atoms with Crippen molar-refractivity contribution in [1.82, 2.24) is 9.80 Å². The number of hydrogen-bond donors (Lipinski definition) is 0. The van der Waals surface area contributed by atoms with Crippen LogP contribution in [0, 0.1) is 47.3 Å². The fraction of sp³-hybridized carbons (Fsp3) is 0.936. The second kappa shape index (κ2) is 77.7. The lowest BCUT2D eigenvalue weighted by Crippen LogP contribution is -2.20. The number of ether oxygens (including phenoxy) is 6. The molecule has 0 rings (SSSR count). The van der Waals surface area contributed by atoms with Crippen LogP contribution in [0.1, 0.15) is 443 Å². The number of rotatable bonds is 78. The van der Waals surface area contributed by atoms with Gasteiger partial charge in [-0.25, -0.2) is 0 Å². The van der Waals surface area contributed by atoms with Gasteiger partial charge in [-0.3, -0.25) is 28.8 Å². The van der Waals surface area contributed by atoms with Crippen LogP contribution in [0.15, 0.2) is 0 Å². The van der Waals surface area contributed by atoms with Crippen molar-refractivity contribution in [3.8, 4) is 0 Å². The molecule has 0 amide bonds. The Hall–Kier alpha value is -3.26. The Labute approximate surface area is 669 Å². The Bertz CT molecular complexity index is 1780. The summed E-state index contributed by atoms with van der Waals surface area (Å²) < 4.78 is 33.9. The van der Waals surface area contributed by atoms with Crippen molar-refractivity contribution in [2.75, 3.05) is 67.7 Å². The molecule has 0 saturated heterocycles. The minimum absolute atomic E-state index is 0.0277. The van der Waals surface area contributed by atoms with E-state index in [9.17, 15) is 28.8 Å². The number of nitrogens with zero attached hydrogens (tertiary/aromatic N) is 2. The van der Waals surface area contributed by atoms with Crippen molar-refractivity contribution in [2.24, 2.45) is 47.3 Å². The highest BCUT2D eigenvalue weighted by atomic mass is 16.6. The van der Waals surface area contributed by atoms with Crippen LogP contribution in [0.3, 0.4) is 0 Å². The molecule has 0 aromatic heterocycles. The van der Waals surface area contributed by atoms with Crippen LogP contribution in [0.25, 0.3) is 0 Å². The van der Waals surface area contributed by atoms with E-state index in [4.69, 9.17) is 28.4 Å². The second-order valence-electron chi connectivity index (χ2n) is 35.8. The minimum Gasteiger partial charge on any atom is -0.466 e. The Morgan fingerprint density at radius 1 is 0.204 bits per heavy atom. The van der Waals surface area contributed by atoms with E-state index in [0.717, 1.165) is 229 Å². The molecule has 0 aliphatic carbocycles. The number of hydrogen-bond acceptors (Lipinski definition) is 14. The van der Waals surface area contributed by atoms with Gasteiger partial charge in [0.25, 0.3) is 0 Å². The van der Waals surface area contributed by atoms with Gasteiger partial charge in [-0.15, -0.1) is 0 Å². The molecule has 0 spiro atoms. The smallest absolute Gasteiger partial charge is 0.306 e. The van der Waals surface area contributed by atoms with Crippen molar-refractivity contribution < 1.29 is 57.2 Å². The molecule has 0 N–H and O–H groups in total. The second-order valence-corrected chi connectivity index (χ2v) is 35.8. The first-order valence-corrected chi connectivity index (χ1v) is 46.1. The average molecular weight is 1530 g/mol. The van der Waals surface area contributed by atoms with E-state index in [2.05, 4.69) is 92.9 Å². The minimum atomic E-state index is -0.0498. The zero-order valence-electron chi connectivity index (χ0n) is 74.4. The molecule has 0 saturated carbocycles. The number of carbonyl (C=O) groups excluding carboxylic acids is 6. The number of carbonyl (C=O) groups is 6. The topological polar surface area (TPSA) is 164 Å². The van der Waals surface area contributed by atoms with Crippen LogP contribution in [0.5, 0.6) is 0 Å². The van der Waals surface area contributed by atoms with Crippen LogP contribution in [0.4, 0.5) is 0 Å². The SMILES string of the molecule is CC(C)CCCC(C)CCOC(=O)CCCCCCCCCC(CCCCCCCCCC(=O)OCCC(C)CCCC(C)C)OC(=O)CCCN(C)C.CC(C)CCC[C@H](C)CCOC(=O)CCCCCCCCCC(CCCCCCCCCC(=O)OCC[C@@H](C)CCCC(C)C)OC(=O)CCCN(C)C. The molecule has 4 atom stereocenters. The van der Waals surface area contributed by atoms with E-state index in [1.807, 2.05) is 28.2 Å². The zero-order chi connectivity index (χ0) is 80.5. The predicted octanol–water partition coefficient (Wildman–Crippen LogP) is 26.1. The quantitative estimate of drug-likeness (QED) is 0.0321. The summed E-state index contributed by atoms with van der Waals surface area (Å²) in [6.45, 7) is 31.3. The Morgan fingerprint density at radius 3 is 0.583 bits per heavy atom. The van der Waals surface area contributed by atoms with Crippen molar-refractivity contribution in [2.45, 2.75) is 455 Å². The normalized spacial score (nSPS) is 13.1. The highest BCUT2D eigenvalue weighted by molar-refractivity contribution is 5.71. The van der Waals surface area contributed by atoms with Gasteiger partial charge < -0.3 is 38.2 Å². The summed E-state index contributed by atoms with van der Waals surface area (Å²) >= 11 is 0. The maximum atomic E-state index is 12.6. The van der Waals surface area contributed by atoms with Gasteiger partial charge in [0, 0.05) is 38.5 Å². The standard InChI is InChI=1S/2C47H91NO6/c2*1-40(2)26-23-28-42(5)35-38-52-45(49)32-21-17-13-9-11-15-19-30-44(54-47(51)34-25-37-48(7)8)31-20-16-12-10-14-18-22-33-46(50)53-39-36-43(6)29-24-27-41(3)4/h2*40-44H,9-39H2,1-8H3/t42-,43-;/m0./s1. The molecule has 108 heavy (non-hydrogen) atoms. The number of unbranched alkanes of at least 4 members (excludes halogenated alkanes) is 24. The Kier molecular flexibility index (Phi) is 76.8. The van der Waals surface area contributed by atoms with Crippen LogP contribution < -0.4 is 0 Å². The third-order valence-electron chi connectivity index (χ3n) is 21.6. The average Bonchev–Trinajstić information content (AvgIpc) is 0.984. The van der Waals surface area contributed by atoms with E-state index < -0.39 is 0 Å². The monoisotopic (exact) mass is 1530 g/mol. The molecular formula is C94H182N2O12. The third kappa shape index (κ3) is 83.7. The summed E-state index contributed by atoms with van der Waals surface area (Å²) in [4.78, 5) is 77.8. The summed E-state index contributed by atoms with van der Waals surface area (Å²) in [5.74, 6) is 5.29. The van der Waals surface area contributed by atoms with Gasteiger partial charge in [-0.2, -0.15) is 0 Å². The molecule has 0 bridgehead atoms. The molecule has 0 aliphatic heterocycles. The predicted molar refractivity (Wildman–Crippen MR) is 455 cm³/mol. The van der Waals surface area contributed by atoms with Crippen molar-refractivity contribution in [3.63, 3.8) is 0 Å². The zero-order valence-corrected chi connectivity index (χ0v) is 74.4. The lowest BCUT2D eigenvalue weighted by atomic mass is 9.98. The Balaban J connectivity index is 0. The van der Waals surface area contributed by atoms with Gasteiger partial charge in [-0.05, 0) is 204 Å². The van der Waals surface area contributed by atoms with E-state index in [1.54, 1.807) is 0 Å². The first-order valence-electron chi connectivity index (χ1n) is 46.1. The first kappa shape index (κ1) is 107. The molecule has 2 unspecified atom stereocenters. The maximum Gasteiger partial charge on any atom is 0.306 e. The highest BCUT2D eigenvalue weighted by Gasteiger charge is 2.18. The van der Waals surface area contributed by atoms with E-state index in [-0.39, 0.29) is 48.0 Å². The molecule has 0 radical (unpaired) electrons. The molecule has 0 aromatic rings. The largest absolute Gasteiger partial charge is 0.466 e. The molecule has 0 heterocycles. The van der Waals surface area contributed by atoms with Crippen LogP contribution in [0.2, 0.25) is 0 Å². The van der Waals surface area contributed by atoms with Gasteiger partial charge in [0.1, 0.15) is 12.2 Å². The molecule has 640 valence electrons. The molecular weight excluding hydrogens is 1350 g/mol. The van der Waals surface area contributed by atoms with Gasteiger partial charge in [0.2, 0.25) is 0 Å². The molecule has 0 fully saturated rings. The lowest BCUT2D eigenvalue weighted by Gasteiger charge is -2.18. The molecule has 0 aromatic carbocycles. The lowest BCUT2D eigenvalue weighted by molar-refractivity contribution is -0.151. The van der Waals surface area contributed by atoms with Crippen molar-refractivity contribution in [1.29, 1.82) is 0 Å². The summed E-state index contributed by atoms with van der Waals surface area (Å²) in [5, 5.41) is 0. The third-order valence-corrected chi connectivity index (χ3v) is 21.6.